The van der Waals surface area contributed by atoms with Gasteiger partial charge in [0.05, 0.1) is 30.1 Å². The third-order valence-electron chi connectivity index (χ3n) is 5.15. The molecule has 0 spiro atoms. The number of nitrogens with zero attached hydrogens (tertiary/aromatic N) is 1. The second-order valence-electron chi connectivity index (χ2n) is 8.05. The summed E-state index contributed by atoms with van der Waals surface area (Å²) in [6.07, 6.45) is 0.527. The molecule has 4 rings (SSSR count). The summed E-state index contributed by atoms with van der Waals surface area (Å²) in [6, 6.07) is 13.4. The fraction of sp³-hybridized carbons (Fsp3) is 0.250. The minimum Gasteiger partial charge on any atom is -0.465 e. The number of halogens is 2. The number of carbonyl (C=O) groups excluding carboxylic acids is 2. The average Bonchev–Trinajstić information content (AvgIpc) is 3.33. The van der Waals surface area contributed by atoms with Crippen molar-refractivity contribution in [3.05, 3.63) is 57.5 Å². The minimum atomic E-state index is -0.283. The van der Waals surface area contributed by atoms with Crippen LogP contribution in [0.1, 0.15) is 16.8 Å². The third-order valence-corrected chi connectivity index (χ3v) is 5.88. The van der Waals surface area contributed by atoms with E-state index in [-0.39, 0.29) is 25.0 Å². The molecule has 2 heterocycles. The Morgan fingerprint density at radius 2 is 1.91 bits per heavy atom. The molecule has 0 aliphatic heterocycles. The number of hydrogen-bond donors (Lipinski definition) is 3. The van der Waals surface area contributed by atoms with Gasteiger partial charge in [0.2, 0.25) is 0 Å². The van der Waals surface area contributed by atoms with Crippen molar-refractivity contribution in [2.24, 2.45) is 0 Å². The van der Waals surface area contributed by atoms with E-state index in [1.807, 2.05) is 42.5 Å². The second-order valence-corrected chi connectivity index (χ2v) is 9.40. The Hall–Kier alpha value is -2.81. The Morgan fingerprint density at radius 3 is 2.70 bits per heavy atom. The number of nitrogens with one attached hydrogen (secondary N) is 3. The molecule has 0 aliphatic carbocycles. The van der Waals surface area contributed by atoms with Crippen LogP contribution in [-0.2, 0) is 9.53 Å². The molecule has 0 aliphatic rings. The van der Waals surface area contributed by atoms with Gasteiger partial charge in [-0.05, 0) is 56.9 Å². The van der Waals surface area contributed by atoms with Crippen LogP contribution in [0.4, 0.5) is 0 Å². The van der Waals surface area contributed by atoms with Gasteiger partial charge in [-0.25, -0.2) is 0 Å². The summed E-state index contributed by atoms with van der Waals surface area (Å²) in [5.41, 5.74) is 3.83. The summed E-state index contributed by atoms with van der Waals surface area (Å²) in [6.45, 7) is 0.874. The number of ether oxygens (including phenoxy) is 1. The van der Waals surface area contributed by atoms with Gasteiger partial charge in [0.25, 0.3) is 5.91 Å². The first-order valence-corrected chi connectivity index (χ1v) is 11.7. The van der Waals surface area contributed by atoms with Crippen molar-refractivity contribution in [3.8, 4) is 11.4 Å². The summed E-state index contributed by atoms with van der Waals surface area (Å²) in [7, 11) is 3.61. The molecule has 1 amide bonds. The Bertz CT molecular complexity index is 1330. The van der Waals surface area contributed by atoms with Gasteiger partial charge in [-0.3, -0.25) is 14.5 Å². The first-order chi connectivity index (χ1) is 15.8. The lowest BCUT2D eigenvalue weighted by molar-refractivity contribution is -0.144. The van der Waals surface area contributed by atoms with Crippen LogP contribution in [0.3, 0.4) is 0 Å². The molecule has 7 nitrogen and oxygen atoms in total. The van der Waals surface area contributed by atoms with Crippen LogP contribution in [0.15, 0.2) is 46.9 Å². The van der Waals surface area contributed by atoms with Gasteiger partial charge in [0.15, 0.2) is 0 Å². The van der Waals surface area contributed by atoms with E-state index in [2.05, 4.69) is 31.2 Å². The zero-order valence-corrected chi connectivity index (χ0v) is 20.6. The lowest BCUT2D eigenvalue weighted by atomic mass is 10.1. The fourth-order valence-corrected chi connectivity index (χ4v) is 4.24. The van der Waals surface area contributed by atoms with Crippen LogP contribution in [0, 0.1) is 0 Å². The number of H-pyrrole nitrogens is 2. The number of rotatable bonds is 8. The molecule has 4 aromatic rings. The number of hydrogen-bond acceptors (Lipinski definition) is 4. The van der Waals surface area contributed by atoms with Crippen LogP contribution in [-0.4, -0.2) is 60.5 Å². The lowest BCUT2D eigenvalue weighted by Crippen LogP contribution is -2.27. The molecule has 3 N–H and O–H groups in total. The third kappa shape index (κ3) is 5.40. The maximum atomic E-state index is 13.2. The van der Waals surface area contributed by atoms with Crippen molar-refractivity contribution in [1.29, 1.82) is 0 Å². The predicted octanol–water partition coefficient (Wildman–Crippen LogP) is 4.96. The normalized spacial score (nSPS) is 11.4. The van der Waals surface area contributed by atoms with Crippen molar-refractivity contribution >= 4 is 61.2 Å². The molecule has 33 heavy (non-hydrogen) atoms. The second kappa shape index (κ2) is 9.99. The number of benzene rings is 2. The first-order valence-electron chi connectivity index (χ1n) is 10.5. The average molecular weight is 532 g/mol. The number of carbonyl (C=O) groups is 2. The molecule has 2 aromatic carbocycles. The van der Waals surface area contributed by atoms with E-state index in [4.69, 9.17) is 16.3 Å². The molecule has 0 atom stereocenters. The van der Waals surface area contributed by atoms with Gasteiger partial charge in [-0.15, -0.1) is 0 Å². The molecular formula is C24H24BrClN4O3. The highest BCUT2D eigenvalue weighted by molar-refractivity contribution is 9.10. The van der Waals surface area contributed by atoms with Gasteiger partial charge in [-0.1, -0.05) is 33.6 Å². The maximum absolute atomic E-state index is 13.2. The lowest BCUT2D eigenvalue weighted by Gasteiger charge is -2.10. The number of fused-ring (bicyclic) bond motifs is 2. The Balaban J connectivity index is 1.55. The molecule has 172 valence electrons. The topological polar surface area (TPSA) is 90.2 Å². The van der Waals surface area contributed by atoms with Crippen LogP contribution in [0.5, 0.6) is 0 Å². The summed E-state index contributed by atoms with van der Waals surface area (Å²) < 4.78 is 6.10. The number of esters is 1. The van der Waals surface area contributed by atoms with E-state index in [1.54, 1.807) is 19.0 Å². The fourth-order valence-electron chi connectivity index (χ4n) is 3.70. The number of amides is 1. The van der Waals surface area contributed by atoms with E-state index < -0.39 is 0 Å². The highest BCUT2D eigenvalue weighted by Gasteiger charge is 2.21. The van der Waals surface area contributed by atoms with Crippen LogP contribution in [0.25, 0.3) is 33.2 Å². The standard InChI is InChI=1S/C24H24BrClN4O3/c1-30(2)13-21(31)33-9-3-8-27-24(32)22-17-6-4-15(25)12-19(17)29-23(22)20-11-14-10-16(26)5-7-18(14)28-20/h4-7,10-12,28-29H,3,8-9,13H2,1-2H3,(H,27,32). The molecule has 0 fully saturated rings. The van der Waals surface area contributed by atoms with Crippen molar-refractivity contribution in [3.63, 3.8) is 0 Å². The highest BCUT2D eigenvalue weighted by Crippen LogP contribution is 2.33. The molecule has 2 aromatic heterocycles. The Labute approximate surface area is 204 Å². The summed E-state index contributed by atoms with van der Waals surface area (Å²) >= 11 is 9.63. The number of likely N-dealkylation sites (N-methyl/N-ethyl adjacent to an activating group) is 1. The van der Waals surface area contributed by atoms with Crippen molar-refractivity contribution in [2.45, 2.75) is 6.42 Å². The van der Waals surface area contributed by atoms with Gasteiger partial charge in [0.1, 0.15) is 0 Å². The SMILES string of the molecule is CN(C)CC(=O)OCCCNC(=O)c1c(-c2cc3cc(Cl)ccc3[nH]2)[nH]c2cc(Br)ccc12. The predicted molar refractivity (Wildman–Crippen MR) is 135 cm³/mol. The van der Waals surface area contributed by atoms with E-state index >= 15 is 0 Å². The van der Waals surface area contributed by atoms with Gasteiger partial charge in [0, 0.05) is 37.8 Å². The van der Waals surface area contributed by atoms with Crippen molar-refractivity contribution in [1.82, 2.24) is 20.2 Å². The monoisotopic (exact) mass is 530 g/mol. The zero-order chi connectivity index (χ0) is 23.5. The molecule has 0 radical (unpaired) electrons. The van der Waals surface area contributed by atoms with E-state index in [9.17, 15) is 9.59 Å². The van der Waals surface area contributed by atoms with Gasteiger partial charge < -0.3 is 20.0 Å². The molecule has 0 unspecified atom stereocenters. The molecule has 0 saturated heterocycles. The number of aromatic amines is 2. The summed E-state index contributed by atoms with van der Waals surface area (Å²) in [5.74, 6) is -0.482. The number of aromatic nitrogens is 2. The highest BCUT2D eigenvalue weighted by atomic mass is 79.9. The van der Waals surface area contributed by atoms with Gasteiger partial charge in [-0.2, -0.15) is 0 Å². The Kier molecular flexibility index (Phi) is 7.07. The quantitative estimate of drug-likeness (QED) is 0.221. The van der Waals surface area contributed by atoms with Crippen molar-refractivity contribution in [2.75, 3.05) is 33.8 Å². The van der Waals surface area contributed by atoms with E-state index in [0.717, 1.165) is 32.0 Å². The van der Waals surface area contributed by atoms with Crippen molar-refractivity contribution < 1.29 is 14.3 Å². The summed E-state index contributed by atoms with van der Waals surface area (Å²) in [5, 5.41) is 5.38. The summed E-state index contributed by atoms with van der Waals surface area (Å²) in [4.78, 5) is 33.4. The van der Waals surface area contributed by atoms with E-state index in [0.29, 0.717) is 29.2 Å². The minimum absolute atomic E-state index is 0.199. The molecular weight excluding hydrogens is 508 g/mol. The molecule has 0 saturated carbocycles. The maximum Gasteiger partial charge on any atom is 0.320 e. The smallest absolute Gasteiger partial charge is 0.320 e. The van der Waals surface area contributed by atoms with Crippen LogP contribution >= 0.6 is 27.5 Å². The van der Waals surface area contributed by atoms with Gasteiger partial charge >= 0.3 is 5.97 Å². The zero-order valence-electron chi connectivity index (χ0n) is 18.3. The molecule has 9 heteroatoms. The van der Waals surface area contributed by atoms with Crippen LogP contribution in [0.2, 0.25) is 5.02 Å². The largest absolute Gasteiger partial charge is 0.465 e. The Morgan fingerprint density at radius 1 is 1.09 bits per heavy atom. The first kappa shape index (κ1) is 23.4. The van der Waals surface area contributed by atoms with E-state index in [1.165, 1.54) is 0 Å². The van der Waals surface area contributed by atoms with Crippen LogP contribution < -0.4 is 5.32 Å². The molecule has 0 bridgehead atoms.